The molecule has 1 heterocycles. The molecule has 0 saturated heterocycles. The molecule has 2 aromatic carbocycles. The maximum absolute atomic E-state index is 12.4. The third-order valence-corrected chi connectivity index (χ3v) is 4.37. The molecule has 27 heavy (non-hydrogen) atoms. The first-order chi connectivity index (χ1) is 13.2. The predicted molar refractivity (Wildman–Crippen MR) is 107 cm³/mol. The number of ether oxygens (including phenoxy) is 1. The van der Waals surface area contributed by atoms with E-state index in [4.69, 9.17) is 4.74 Å². The molecule has 1 amide bonds. The highest BCUT2D eigenvalue weighted by Gasteiger charge is 2.09. The van der Waals surface area contributed by atoms with E-state index in [0.29, 0.717) is 25.5 Å². The van der Waals surface area contributed by atoms with Crippen molar-refractivity contribution in [1.82, 2.24) is 14.9 Å². The summed E-state index contributed by atoms with van der Waals surface area (Å²) in [5.74, 6) is 1.56. The van der Waals surface area contributed by atoms with Gasteiger partial charge in [0.2, 0.25) is 11.9 Å². The molecule has 1 N–H and O–H groups in total. The van der Waals surface area contributed by atoms with Crippen molar-refractivity contribution >= 4 is 22.6 Å². The lowest BCUT2D eigenvalue weighted by Gasteiger charge is -2.18. The van der Waals surface area contributed by atoms with Crippen molar-refractivity contribution in [3.05, 3.63) is 60.4 Å². The van der Waals surface area contributed by atoms with Crippen molar-refractivity contribution < 1.29 is 9.53 Å². The van der Waals surface area contributed by atoms with Gasteiger partial charge in [-0.25, -0.2) is 9.97 Å². The minimum absolute atomic E-state index is 0.126. The SMILES string of the molecule is COc1ccc2cc(CN(C)C(=O)CCCNc3ncccn3)ccc2c1. The van der Waals surface area contributed by atoms with Crippen LogP contribution in [0.15, 0.2) is 54.9 Å². The molecule has 0 aliphatic heterocycles. The second-order valence-electron chi connectivity index (χ2n) is 6.40. The van der Waals surface area contributed by atoms with Crippen molar-refractivity contribution in [2.45, 2.75) is 19.4 Å². The fourth-order valence-electron chi connectivity index (χ4n) is 2.88. The average molecular weight is 364 g/mol. The largest absolute Gasteiger partial charge is 0.497 e. The van der Waals surface area contributed by atoms with Crippen LogP contribution in [0.4, 0.5) is 5.95 Å². The maximum Gasteiger partial charge on any atom is 0.222 e. The van der Waals surface area contributed by atoms with Gasteiger partial charge in [0, 0.05) is 39.0 Å². The summed E-state index contributed by atoms with van der Waals surface area (Å²) >= 11 is 0. The number of hydrogen-bond acceptors (Lipinski definition) is 5. The Morgan fingerprint density at radius 1 is 1.11 bits per heavy atom. The van der Waals surface area contributed by atoms with Crippen LogP contribution in [0, 0.1) is 0 Å². The lowest BCUT2D eigenvalue weighted by molar-refractivity contribution is -0.130. The Labute approximate surface area is 159 Å². The average Bonchev–Trinajstić information content (AvgIpc) is 2.71. The molecule has 0 radical (unpaired) electrons. The second kappa shape index (κ2) is 8.98. The predicted octanol–water partition coefficient (Wildman–Crippen LogP) is 3.49. The van der Waals surface area contributed by atoms with Gasteiger partial charge in [-0.2, -0.15) is 0 Å². The number of anilines is 1. The van der Waals surface area contributed by atoms with Crippen LogP contribution in [-0.2, 0) is 11.3 Å². The summed E-state index contributed by atoms with van der Waals surface area (Å²) in [7, 11) is 3.51. The summed E-state index contributed by atoms with van der Waals surface area (Å²) in [5, 5.41) is 5.38. The van der Waals surface area contributed by atoms with Crippen LogP contribution in [0.3, 0.4) is 0 Å². The summed E-state index contributed by atoms with van der Waals surface area (Å²) < 4.78 is 5.26. The van der Waals surface area contributed by atoms with Gasteiger partial charge in [0.15, 0.2) is 0 Å². The van der Waals surface area contributed by atoms with Crippen molar-refractivity contribution in [2.24, 2.45) is 0 Å². The van der Waals surface area contributed by atoms with Gasteiger partial charge in [-0.05, 0) is 47.0 Å². The van der Waals surface area contributed by atoms with E-state index >= 15 is 0 Å². The van der Waals surface area contributed by atoms with E-state index in [0.717, 1.165) is 28.5 Å². The zero-order valence-electron chi connectivity index (χ0n) is 15.7. The molecule has 3 rings (SSSR count). The quantitative estimate of drug-likeness (QED) is 0.620. The van der Waals surface area contributed by atoms with E-state index in [1.54, 1.807) is 30.5 Å². The highest BCUT2D eigenvalue weighted by Crippen LogP contribution is 2.22. The molecule has 140 valence electrons. The third-order valence-electron chi connectivity index (χ3n) is 4.37. The monoisotopic (exact) mass is 364 g/mol. The Morgan fingerprint density at radius 2 is 1.85 bits per heavy atom. The Kier molecular flexibility index (Phi) is 6.20. The summed E-state index contributed by atoms with van der Waals surface area (Å²) in [5.41, 5.74) is 1.11. The molecule has 0 atom stereocenters. The highest BCUT2D eigenvalue weighted by molar-refractivity contribution is 5.84. The molecular weight excluding hydrogens is 340 g/mol. The number of hydrogen-bond donors (Lipinski definition) is 1. The third kappa shape index (κ3) is 5.17. The van der Waals surface area contributed by atoms with Gasteiger partial charge in [-0.3, -0.25) is 4.79 Å². The molecule has 0 fully saturated rings. The zero-order valence-corrected chi connectivity index (χ0v) is 15.7. The summed E-state index contributed by atoms with van der Waals surface area (Å²) in [6.07, 6.45) is 4.60. The van der Waals surface area contributed by atoms with E-state index in [2.05, 4.69) is 33.5 Å². The smallest absolute Gasteiger partial charge is 0.222 e. The fraction of sp³-hybridized carbons (Fsp3) is 0.286. The fourth-order valence-corrected chi connectivity index (χ4v) is 2.88. The summed E-state index contributed by atoms with van der Waals surface area (Å²) in [4.78, 5) is 22.3. The van der Waals surface area contributed by atoms with Crippen molar-refractivity contribution in [1.29, 1.82) is 0 Å². The van der Waals surface area contributed by atoms with Crippen LogP contribution >= 0.6 is 0 Å². The lowest BCUT2D eigenvalue weighted by Crippen LogP contribution is -2.26. The molecule has 1 aromatic heterocycles. The topological polar surface area (TPSA) is 67.3 Å². The number of fused-ring (bicyclic) bond motifs is 1. The Bertz CT molecular complexity index is 899. The molecule has 3 aromatic rings. The lowest BCUT2D eigenvalue weighted by atomic mass is 10.1. The second-order valence-corrected chi connectivity index (χ2v) is 6.40. The number of aromatic nitrogens is 2. The molecule has 0 spiro atoms. The van der Waals surface area contributed by atoms with E-state index < -0.39 is 0 Å². The van der Waals surface area contributed by atoms with Crippen LogP contribution in [0.25, 0.3) is 10.8 Å². The van der Waals surface area contributed by atoms with Gasteiger partial charge in [-0.15, -0.1) is 0 Å². The van der Waals surface area contributed by atoms with E-state index in [9.17, 15) is 4.79 Å². The van der Waals surface area contributed by atoms with Crippen molar-refractivity contribution in [3.8, 4) is 5.75 Å². The van der Waals surface area contributed by atoms with Gasteiger partial charge >= 0.3 is 0 Å². The molecule has 6 heteroatoms. The zero-order chi connectivity index (χ0) is 19.1. The van der Waals surface area contributed by atoms with E-state index in [1.165, 1.54) is 0 Å². The van der Waals surface area contributed by atoms with Crippen LogP contribution in [0.5, 0.6) is 5.75 Å². The molecule has 0 aliphatic rings. The molecule has 6 nitrogen and oxygen atoms in total. The maximum atomic E-state index is 12.4. The number of benzene rings is 2. The Hall–Kier alpha value is -3.15. The van der Waals surface area contributed by atoms with Crippen molar-refractivity contribution in [2.75, 3.05) is 26.0 Å². The number of carbonyl (C=O) groups excluding carboxylic acids is 1. The van der Waals surface area contributed by atoms with Crippen LogP contribution in [0.1, 0.15) is 18.4 Å². The van der Waals surface area contributed by atoms with Crippen LogP contribution in [-0.4, -0.2) is 41.5 Å². The Balaban J connectivity index is 1.49. The van der Waals surface area contributed by atoms with Gasteiger partial charge < -0.3 is 15.0 Å². The first-order valence-electron chi connectivity index (χ1n) is 8.97. The first-order valence-corrected chi connectivity index (χ1v) is 8.97. The van der Waals surface area contributed by atoms with Crippen LogP contribution in [0.2, 0.25) is 0 Å². The number of nitrogens with zero attached hydrogens (tertiary/aromatic N) is 3. The number of carbonyl (C=O) groups is 1. The minimum Gasteiger partial charge on any atom is -0.497 e. The molecular formula is C21H24N4O2. The van der Waals surface area contributed by atoms with Gasteiger partial charge in [-0.1, -0.05) is 18.2 Å². The van der Waals surface area contributed by atoms with Crippen LogP contribution < -0.4 is 10.1 Å². The molecule has 0 saturated carbocycles. The Morgan fingerprint density at radius 3 is 2.63 bits per heavy atom. The first kappa shape index (κ1) is 18.6. The summed E-state index contributed by atoms with van der Waals surface area (Å²) in [6.45, 7) is 1.26. The normalized spacial score (nSPS) is 10.6. The highest BCUT2D eigenvalue weighted by atomic mass is 16.5. The van der Waals surface area contributed by atoms with Gasteiger partial charge in [0.25, 0.3) is 0 Å². The number of nitrogens with one attached hydrogen (secondary N) is 1. The molecule has 0 aliphatic carbocycles. The molecule has 0 unspecified atom stereocenters. The minimum atomic E-state index is 0.126. The van der Waals surface area contributed by atoms with E-state index in [-0.39, 0.29) is 5.91 Å². The van der Waals surface area contributed by atoms with E-state index in [1.807, 2.05) is 25.2 Å². The van der Waals surface area contributed by atoms with Crippen molar-refractivity contribution in [3.63, 3.8) is 0 Å². The van der Waals surface area contributed by atoms with Gasteiger partial charge in [0.1, 0.15) is 5.75 Å². The summed E-state index contributed by atoms with van der Waals surface area (Å²) in [6, 6.07) is 14.0. The van der Waals surface area contributed by atoms with Gasteiger partial charge in [0.05, 0.1) is 7.11 Å². The number of rotatable bonds is 8. The number of amides is 1. The standard InChI is InChI=1S/C21H24N4O2/c1-25(20(26)5-3-10-22-21-23-11-4-12-24-21)15-16-6-7-18-14-19(27-2)9-8-17(18)13-16/h4,6-9,11-14H,3,5,10,15H2,1-2H3,(H,22,23,24). The molecule has 0 bridgehead atoms. The number of methoxy groups -OCH3 is 1.